The SMILES string of the molecule is CC1=C(C)C(C)C=NC(N2CCOc3ccc(-c4cnc(N)cn4)cc3C2)=C1Cc1ccc(F)cc1. The number of nitrogens with zero attached hydrogens (tertiary/aromatic N) is 4. The maximum Gasteiger partial charge on any atom is 0.141 e. The van der Waals surface area contributed by atoms with Crippen molar-refractivity contribution in [2.75, 3.05) is 18.9 Å². The number of fused-ring (bicyclic) bond motifs is 1. The second kappa shape index (κ2) is 9.93. The van der Waals surface area contributed by atoms with E-state index in [0.29, 0.717) is 31.9 Å². The molecule has 0 aliphatic carbocycles. The van der Waals surface area contributed by atoms with Crippen molar-refractivity contribution in [2.45, 2.75) is 33.7 Å². The van der Waals surface area contributed by atoms with Gasteiger partial charge in [-0.3, -0.25) is 4.98 Å². The van der Waals surface area contributed by atoms with E-state index < -0.39 is 0 Å². The molecule has 184 valence electrons. The van der Waals surface area contributed by atoms with Gasteiger partial charge >= 0.3 is 0 Å². The number of nitrogen functional groups attached to an aromatic ring is 1. The third-order valence-electron chi connectivity index (χ3n) is 7.02. The van der Waals surface area contributed by atoms with Crippen LogP contribution < -0.4 is 10.5 Å². The van der Waals surface area contributed by atoms with E-state index in [4.69, 9.17) is 15.5 Å². The Labute approximate surface area is 211 Å². The van der Waals surface area contributed by atoms with Crippen LogP contribution in [0.3, 0.4) is 0 Å². The van der Waals surface area contributed by atoms with Crippen LogP contribution in [-0.2, 0) is 13.0 Å². The lowest BCUT2D eigenvalue weighted by molar-refractivity contribution is 0.261. The Morgan fingerprint density at radius 1 is 1.08 bits per heavy atom. The molecule has 1 aromatic heterocycles. The van der Waals surface area contributed by atoms with Crippen molar-refractivity contribution < 1.29 is 9.13 Å². The molecule has 2 aromatic carbocycles. The number of nitrogens with two attached hydrogens (primary N) is 1. The summed E-state index contributed by atoms with van der Waals surface area (Å²) in [6.45, 7) is 8.40. The third kappa shape index (κ3) is 4.87. The van der Waals surface area contributed by atoms with E-state index in [0.717, 1.165) is 39.5 Å². The zero-order valence-electron chi connectivity index (χ0n) is 20.8. The van der Waals surface area contributed by atoms with Crippen LogP contribution in [0.5, 0.6) is 5.75 Å². The van der Waals surface area contributed by atoms with Crippen LogP contribution in [0.4, 0.5) is 10.2 Å². The fourth-order valence-corrected chi connectivity index (χ4v) is 4.63. The van der Waals surface area contributed by atoms with Crippen LogP contribution in [0.15, 0.2) is 82.4 Å². The normalized spacial score (nSPS) is 18.0. The van der Waals surface area contributed by atoms with Gasteiger partial charge in [-0.05, 0) is 55.3 Å². The highest BCUT2D eigenvalue weighted by atomic mass is 19.1. The van der Waals surface area contributed by atoms with Crippen LogP contribution in [-0.4, -0.2) is 34.2 Å². The molecule has 1 unspecified atom stereocenters. The van der Waals surface area contributed by atoms with Crippen LogP contribution in [0, 0.1) is 11.7 Å². The molecular weight excluding hydrogens is 453 g/mol. The van der Waals surface area contributed by atoms with Crippen molar-refractivity contribution in [3.8, 4) is 17.0 Å². The van der Waals surface area contributed by atoms with E-state index in [1.54, 1.807) is 12.4 Å². The van der Waals surface area contributed by atoms with E-state index in [1.807, 2.05) is 30.5 Å². The largest absolute Gasteiger partial charge is 0.491 e. The fraction of sp³-hybridized carbons (Fsp3) is 0.276. The van der Waals surface area contributed by atoms with E-state index in [1.165, 1.54) is 23.3 Å². The zero-order valence-corrected chi connectivity index (χ0v) is 20.8. The Kier molecular flexibility index (Phi) is 6.55. The number of hydrogen-bond acceptors (Lipinski definition) is 6. The Bertz CT molecular complexity index is 1360. The molecule has 5 rings (SSSR count). The molecule has 0 saturated heterocycles. The number of allylic oxidation sites excluding steroid dienone is 3. The number of anilines is 1. The predicted octanol–water partition coefficient (Wildman–Crippen LogP) is 5.57. The Morgan fingerprint density at radius 2 is 1.89 bits per heavy atom. The van der Waals surface area contributed by atoms with Crippen LogP contribution >= 0.6 is 0 Å². The molecule has 0 amide bonds. The van der Waals surface area contributed by atoms with Gasteiger partial charge in [0, 0.05) is 41.8 Å². The molecular formula is C29H30FN5O. The van der Waals surface area contributed by atoms with Crippen molar-refractivity contribution in [1.82, 2.24) is 14.9 Å². The van der Waals surface area contributed by atoms with Gasteiger partial charge in [-0.2, -0.15) is 0 Å². The molecule has 3 aromatic rings. The van der Waals surface area contributed by atoms with Crippen molar-refractivity contribution in [2.24, 2.45) is 10.9 Å². The van der Waals surface area contributed by atoms with Gasteiger partial charge in [0.15, 0.2) is 0 Å². The highest BCUT2D eigenvalue weighted by Gasteiger charge is 2.24. The highest BCUT2D eigenvalue weighted by Crippen LogP contribution is 2.34. The zero-order chi connectivity index (χ0) is 25.2. The predicted molar refractivity (Wildman–Crippen MR) is 141 cm³/mol. The summed E-state index contributed by atoms with van der Waals surface area (Å²) in [6.07, 6.45) is 5.95. The van der Waals surface area contributed by atoms with Gasteiger partial charge in [-0.15, -0.1) is 0 Å². The maximum atomic E-state index is 13.6. The summed E-state index contributed by atoms with van der Waals surface area (Å²) in [6, 6.07) is 12.8. The number of benzene rings is 2. The number of rotatable bonds is 4. The molecule has 2 N–H and O–H groups in total. The van der Waals surface area contributed by atoms with E-state index in [-0.39, 0.29) is 11.7 Å². The number of aliphatic imine (C=N–C) groups is 1. The standard InChI is InChI=1S/C29H30FN5O/c1-18-14-34-29(25(20(3)19(18)2)12-21-4-7-24(30)8-5-21)35-10-11-36-27-9-6-22(13-23(27)17-35)26-15-33-28(31)16-32-26/h4-9,13-16,18H,10-12,17H2,1-3H3,(H2,31,33). The van der Waals surface area contributed by atoms with Crippen molar-refractivity contribution in [3.63, 3.8) is 0 Å². The Balaban J connectivity index is 1.55. The van der Waals surface area contributed by atoms with Crippen LogP contribution in [0.1, 0.15) is 31.9 Å². The molecule has 1 atom stereocenters. The Morgan fingerprint density at radius 3 is 2.64 bits per heavy atom. The Hall–Kier alpha value is -4.00. The molecule has 6 nitrogen and oxygen atoms in total. The van der Waals surface area contributed by atoms with E-state index >= 15 is 0 Å². The molecule has 0 saturated carbocycles. The molecule has 2 aliphatic rings. The summed E-state index contributed by atoms with van der Waals surface area (Å²) in [5.41, 5.74) is 13.2. The van der Waals surface area contributed by atoms with Gasteiger partial charge in [0.2, 0.25) is 0 Å². The topological polar surface area (TPSA) is 76.6 Å². The minimum absolute atomic E-state index is 0.230. The molecule has 2 aliphatic heterocycles. The number of halogens is 1. The molecule has 3 heterocycles. The van der Waals surface area contributed by atoms with Crippen molar-refractivity contribution >= 4 is 12.0 Å². The van der Waals surface area contributed by atoms with E-state index in [9.17, 15) is 4.39 Å². The number of aromatic nitrogens is 2. The summed E-state index contributed by atoms with van der Waals surface area (Å²) in [4.78, 5) is 15.9. The average molecular weight is 484 g/mol. The van der Waals surface area contributed by atoms with Crippen LogP contribution in [0.2, 0.25) is 0 Å². The van der Waals surface area contributed by atoms with E-state index in [2.05, 4.69) is 41.7 Å². The average Bonchev–Trinajstić information content (AvgIpc) is 3.15. The first kappa shape index (κ1) is 23.7. The second-order valence-corrected chi connectivity index (χ2v) is 9.40. The smallest absolute Gasteiger partial charge is 0.141 e. The van der Waals surface area contributed by atoms with Crippen LogP contribution in [0.25, 0.3) is 11.3 Å². The summed E-state index contributed by atoms with van der Waals surface area (Å²) in [5.74, 6) is 2.20. The third-order valence-corrected chi connectivity index (χ3v) is 7.02. The lowest BCUT2D eigenvalue weighted by Gasteiger charge is -2.26. The molecule has 7 heteroatoms. The number of ether oxygens (including phenoxy) is 1. The highest BCUT2D eigenvalue weighted by molar-refractivity contribution is 5.69. The van der Waals surface area contributed by atoms with Gasteiger partial charge in [0.1, 0.15) is 29.8 Å². The monoisotopic (exact) mass is 483 g/mol. The van der Waals surface area contributed by atoms with Gasteiger partial charge in [-0.25, -0.2) is 14.4 Å². The first-order chi connectivity index (χ1) is 17.4. The molecule has 0 spiro atoms. The summed E-state index contributed by atoms with van der Waals surface area (Å²) >= 11 is 0. The first-order valence-electron chi connectivity index (χ1n) is 12.2. The molecule has 36 heavy (non-hydrogen) atoms. The van der Waals surface area contributed by atoms with Gasteiger partial charge in [0.25, 0.3) is 0 Å². The molecule has 0 bridgehead atoms. The number of hydrogen-bond donors (Lipinski definition) is 1. The molecule has 0 radical (unpaired) electrons. The minimum atomic E-state index is -0.230. The van der Waals surface area contributed by atoms with Gasteiger partial charge in [0.05, 0.1) is 24.6 Å². The minimum Gasteiger partial charge on any atom is -0.491 e. The summed E-state index contributed by atoms with van der Waals surface area (Å²) in [7, 11) is 0. The van der Waals surface area contributed by atoms with Crippen molar-refractivity contribution in [1.29, 1.82) is 0 Å². The summed E-state index contributed by atoms with van der Waals surface area (Å²) in [5, 5.41) is 0. The fourth-order valence-electron chi connectivity index (χ4n) is 4.63. The van der Waals surface area contributed by atoms with Gasteiger partial charge < -0.3 is 15.4 Å². The lowest BCUT2D eigenvalue weighted by atomic mass is 9.91. The quantitative estimate of drug-likeness (QED) is 0.525. The van der Waals surface area contributed by atoms with Crippen molar-refractivity contribution in [3.05, 3.63) is 94.3 Å². The lowest BCUT2D eigenvalue weighted by Crippen LogP contribution is -2.26. The second-order valence-electron chi connectivity index (χ2n) is 9.40. The summed E-state index contributed by atoms with van der Waals surface area (Å²) < 4.78 is 19.7. The first-order valence-corrected chi connectivity index (χ1v) is 12.2. The molecule has 0 fully saturated rings. The van der Waals surface area contributed by atoms with Gasteiger partial charge in [-0.1, -0.05) is 24.6 Å². The maximum absolute atomic E-state index is 13.6.